The van der Waals surface area contributed by atoms with E-state index in [-0.39, 0.29) is 5.41 Å². The molecule has 3 rings (SSSR count). The highest BCUT2D eigenvalue weighted by Gasteiger charge is 2.46. The number of ether oxygens (including phenoxy) is 2. The Hall–Kier alpha value is -0.930. The van der Waals surface area contributed by atoms with Crippen LogP contribution in [0.15, 0.2) is 12.1 Å². The van der Waals surface area contributed by atoms with E-state index in [1.54, 1.807) is 0 Å². The first-order chi connectivity index (χ1) is 8.40. The molecule has 1 aromatic carbocycles. The van der Waals surface area contributed by atoms with E-state index >= 15 is 0 Å². The Balaban J connectivity index is 1.98. The standard InChI is InChI=1S/C14H18ClNO2/c1-13(2,16)9-5-11-12(6-10(9)15)18-8-14(3-4-14)7-17-11/h5-6H,3-4,7-8,16H2,1-2H3. The van der Waals surface area contributed by atoms with Crippen molar-refractivity contribution < 1.29 is 9.47 Å². The monoisotopic (exact) mass is 267 g/mol. The molecule has 1 fully saturated rings. The maximum Gasteiger partial charge on any atom is 0.162 e. The Morgan fingerprint density at radius 2 is 1.72 bits per heavy atom. The normalized spacial score (nSPS) is 20.7. The molecule has 1 aliphatic heterocycles. The van der Waals surface area contributed by atoms with E-state index in [9.17, 15) is 0 Å². The molecule has 2 N–H and O–H groups in total. The zero-order valence-corrected chi connectivity index (χ0v) is 11.5. The number of hydrogen-bond acceptors (Lipinski definition) is 3. The van der Waals surface area contributed by atoms with Crippen LogP contribution in [0.1, 0.15) is 32.3 Å². The van der Waals surface area contributed by atoms with Crippen molar-refractivity contribution in [3.63, 3.8) is 0 Å². The molecule has 18 heavy (non-hydrogen) atoms. The predicted octanol–water partition coefficient (Wildman–Crippen LogP) is 3.09. The van der Waals surface area contributed by atoms with E-state index < -0.39 is 5.54 Å². The molecule has 98 valence electrons. The summed E-state index contributed by atoms with van der Waals surface area (Å²) in [5.41, 5.74) is 6.75. The number of hydrogen-bond donors (Lipinski definition) is 1. The molecule has 1 aromatic rings. The van der Waals surface area contributed by atoms with Crippen molar-refractivity contribution >= 4 is 11.6 Å². The molecular weight excluding hydrogens is 250 g/mol. The SMILES string of the molecule is CC(C)(N)c1cc2c(cc1Cl)OCC1(CC1)CO2. The molecule has 1 spiro atoms. The van der Waals surface area contributed by atoms with Crippen molar-refractivity contribution in [1.29, 1.82) is 0 Å². The Morgan fingerprint density at radius 3 is 2.22 bits per heavy atom. The van der Waals surface area contributed by atoms with Crippen LogP contribution in [0.2, 0.25) is 5.02 Å². The van der Waals surface area contributed by atoms with E-state index in [1.165, 1.54) is 12.8 Å². The number of halogens is 1. The molecule has 0 bridgehead atoms. The lowest BCUT2D eigenvalue weighted by molar-refractivity contribution is 0.197. The van der Waals surface area contributed by atoms with Gasteiger partial charge in [0.15, 0.2) is 11.5 Å². The molecule has 0 aromatic heterocycles. The van der Waals surface area contributed by atoms with Crippen molar-refractivity contribution in [1.82, 2.24) is 0 Å². The predicted molar refractivity (Wildman–Crippen MR) is 71.3 cm³/mol. The third-order valence-corrected chi connectivity index (χ3v) is 4.07. The van der Waals surface area contributed by atoms with Gasteiger partial charge in [0.25, 0.3) is 0 Å². The molecule has 2 aliphatic rings. The van der Waals surface area contributed by atoms with Crippen molar-refractivity contribution in [3.8, 4) is 11.5 Å². The van der Waals surface area contributed by atoms with Crippen LogP contribution in [-0.4, -0.2) is 13.2 Å². The fraction of sp³-hybridized carbons (Fsp3) is 0.571. The Labute approximate surface area is 112 Å². The fourth-order valence-corrected chi connectivity index (χ4v) is 2.62. The lowest BCUT2D eigenvalue weighted by atomic mass is 9.95. The van der Waals surface area contributed by atoms with Gasteiger partial charge in [0.1, 0.15) is 0 Å². The number of benzene rings is 1. The smallest absolute Gasteiger partial charge is 0.162 e. The molecule has 3 nitrogen and oxygen atoms in total. The van der Waals surface area contributed by atoms with Crippen LogP contribution >= 0.6 is 11.6 Å². The average molecular weight is 268 g/mol. The Morgan fingerprint density at radius 1 is 1.17 bits per heavy atom. The van der Waals surface area contributed by atoms with Crippen molar-refractivity contribution in [2.45, 2.75) is 32.2 Å². The zero-order valence-electron chi connectivity index (χ0n) is 10.8. The van der Waals surface area contributed by atoms with Gasteiger partial charge in [0.05, 0.1) is 13.2 Å². The van der Waals surface area contributed by atoms with Crippen molar-refractivity contribution in [3.05, 3.63) is 22.7 Å². The van der Waals surface area contributed by atoms with E-state index in [4.69, 9.17) is 26.8 Å². The number of rotatable bonds is 1. The van der Waals surface area contributed by atoms with Gasteiger partial charge in [-0.3, -0.25) is 0 Å². The summed E-state index contributed by atoms with van der Waals surface area (Å²) in [5.74, 6) is 1.49. The third-order valence-electron chi connectivity index (χ3n) is 3.75. The molecule has 1 saturated carbocycles. The topological polar surface area (TPSA) is 44.5 Å². The summed E-state index contributed by atoms with van der Waals surface area (Å²) in [4.78, 5) is 0. The molecule has 0 radical (unpaired) electrons. The van der Waals surface area contributed by atoms with Gasteiger partial charge in [-0.2, -0.15) is 0 Å². The second kappa shape index (κ2) is 3.78. The van der Waals surface area contributed by atoms with Crippen LogP contribution in [0, 0.1) is 5.41 Å². The largest absolute Gasteiger partial charge is 0.489 e. The molecule has 0 unspecified atom stereocenters. The average Bonchev–Trinajstić information content (AvgIpc) is 3.06. The quantitative estimate of drug-likeness (QED) is 0.850. The van der Waals surface area contributed by atoms with Gasteiger partial charge in [0, 0.05) is 22.0 Å². The van der Waals surface area contributed by atoms with E-state index in [2.05, 4.69) is 0 Å². The summed E-state index contributed by atoms with van der Waals surface area (Å²) in [6.07, 6.45) is 2.37. The van der Waals surface area contributed by atoms with Crippen LogP contribution < -0.4 is 15.2 Å². The minimum absolute atomic E-state index is 0.240. The molecule has 4 heteroatoms. The minimum atomic E-state index is -0.487. The zero-order chi connectivity index (χ0) is 13.0. The van der Waals surface area contributed by atoms with Gasteiger partial charge in [-0.1, -0.05) is 11.6 Å². The first-order valence-electron chi connectivity index (χ1n) is 6.28. The summed E-state index contributed by atoms with van der Waals surface area (Å²) in [7, 11) is 0. The Bertz CT molecular complexity index is 489. The fourth-order valence-electron chi connectivity index (χ4n) is 2.22. The van der Waals surface area contributed by atoms with Crippen LogP contribution in [0.4, 0.5) is 0 Å². The molecule has 1 aliphatic carbocycles. The summed E-state index contributed by atoms with van der Waals surface area (Å²) < 4.78 is 11.7. The molecule has 0 atom stereocenters. The van der Waals surface area contributed by atoms with Gasteiger partial charge in [-0.15, -0.1) is 0 Å². The Kier molecular flexibility index (Phi) is 2.55. The lowest BCUT2D eigenvalue weighted by Crippen LogP contribution is -2.29. The second-order valence-electron chi connectivity index (χ2n) is 6.08. The van der Waals surface area contributed by atoms with Gasteiger partial charge in [0.2, 0.25) is 0 Å². The van der Waals surface area contributed by atoms with Crippen molar-refractivity contribution in [2.24, 2.45) is 11.1 Å². The van der Waals surface area contributed by atoms with Crippen LogP contribution in [0.25, 0.3) is 0 Å². The maximum absolute atomic E-state index is 6.27. The first kappa shape index (κ1) is 12.1. The molecule has 0 saturated heterocycles. The minimum Gasteiger partial charge on any atom is -0.489 e. The van der Waals surface area contributed by atoms with E-state index in [0.717, 1.165) is 30.3 Å². The van der Waals surface area contributed by atoms with Crippen molar-refractivity contribution in [2.75, 3.05) is 13.2 Å². The highest BCUT2D eigenvalue weighted by atomic mass is 35.5. The van der Waals surface area contributed by atoms with Gasteiger partial charge < -0.3 is 15.2 Å². The van der Waals surface area contributed by atoms with E-state index in [1.807, 2.05) is 26.0 Å². The van der Waals surface area contributed by atoms with Gasteiger partial charge in [-0.25, -0.2) is 0 Å². The highest BCUT2D eigenvalue weighted by Crippen LogP contribution is 2.50. The first-order valence-corrected chi connectivity index (χ1v) is 6.66. The third kappa shape index (κ3) is 2.06. The maximum atomic E-state index is 6.27. The van der Waals surface area contributed by atoms with Crippen LogP contribution in [0.3, 0.4) is 0 Å². The van der Waals surface area contributed by atoms with Crippen LogP contribution in [-0.2, 0) is 5.54 Å². The summed E-state index contributed by atoms with van der Waals surface area (Å²) in [6, 6.07) is 3.74. The molecular formula is C14H18ClNO2. The van der Waals surface area contributed by atoms with E-state index in [0.29, 0.717) is 5.02 Å². The van der Waals surface area contributed by atoms with Gasteiger partial charge in [-0.05, 0) is 38.3 Å². The summed E-state index contributed by atoms with van der Waals surface area (Å²) in [6.45, 7) is 5.31. The molecule has 1 heterocycles. The molecule has 0 amide bonds. The number of nitrogens with two attached hydrogens (primary N) is 1. The van der Waals surface area contributed by atoms with Gasteiger partial charge >= 0.3 is 0 Å². The van der Waals surface area contributed by atoms with Crippen LogP contribution in [0.5, 0.6) is 11.5 Å². The summed E-state index contributed by atoms with van der Waals surface area (Å²) in [5, 5.41) is 0.636. The second-order valence-corrected chi connectivity index (χ2v) is 6.49. The highest BCUT2D eigenvalue weighted by molar-refractivity contribution is 6.31. The summed E-state index contributed by atoms with van der Waals surface area (Å²) >= 11 is 6.27. The lowest BCUT2D eigenvalue weighted by Gasteiger charge is -2.22. The number of fused-ring (bicyclic) bond motifs is 1.